The molecule has 3 aromatic carbocycles. The molecule has 4 aromatic rings. The van der Waals surface area contributed by atoms with E-state index >= 15 is 0 Å². The molecule has 0 saturated carbocycles. The highest BCUT2D eigenvalue weighted by Crippen LogP contribution is 2.44. The highest BCUT2D eigenvalue weighted by Gasteiger charge is 2.43. The van der Waals surface area contributed by atoms with Crippen molar-refractivity contribution in [2.75, 3.05) is 20.1 Å². The van der Waals surface area contributed by atoms with Gasteiger partial charge in [0.15, 0.2) is 0 Å². The monoisotopic (exact) mass is 494 g/mol. The molecule has 2 aliphatic rings. The number of fused-ring (bicyclic) bond motifs is 1. The van der Waals surface area contributed by atoms with Crippen molar-refractivity contribution in [2.45, 2.75) is 37.8 Å². The van der Waals surface area contributed by atoms with Gasteiger partial charge in [-0.2, -0.15) is 0 Å². The minimum absolute atomic E-state index is 0.103. The van der Waals surface area contributed by atoms with Crippen LogP contribution in [0, 0.1) is 6.92 Å². The molecule has 0 radical (unpaired) electrons. The predicted molar refractivity (Wildman–Crippen MR) is 141 cm³/mol. The van der Waals surface area contributed by atoms with Crippen LogP contribution in [0.2, 0.25) is 0 Å². The number of piperidine rings is 1. The van der Waals surface area contributed by atoms with E-state index in [1.165, 1.54) is 5.56 Å². The van der Waals surface area contributed by atoms with Gasteiger partial charge in [-0.3, -0.25) is 4.79 Å². The maximum Gasteiger partial charge on any atom is 0.251 e. The van der Waals surface area contributed by atoms with Crippen LogP contribution in [-0.4, -0.2) is 46.7 Å². The van der Waals surface area contributed by atoms with Crippen LogP contribution in [-0.2, 0) is 0 Å². The normalized spacial score (nSPS) is 18.7. The second kappa shape index (κ2) is 9.48. The zero-order valence-corrected chi connectivity index (χ0v) is 21.1. The first-order valence-corrected chi connectivity index (χ1v) is 12.8. The summed E-state index contributed by atoms with van der Waals surface area (Å²) < 4.78 is 12.4. The number of para-hydroxylation sites is 1. The zero-order valence-electron chi connectivity index (χ0n) is 21.1. The molecule has 7 nitrogen and oxygen atoms in total. The van der Waals surface area contributed by atoms with Crippen molar-refractivity contribution in [1.82, 2.24) is 20.4 Å². The lowest BCUT2D eigenvalue weighted by molar-refractivity contribution is -0.0195. The maximum absolute atomic E-state index is 13.3. The Morgan fingerprint density at radius 3 is 2.22 bits per heavy atom. The molecule has 1 saturated heterocycles. The summed E-state index contributed by atoms with van der Waals surface area (Å²) in [6, 6.07) is 23.2. The van der Waals surface area contributed by atoms with Gasteiger partial charge in [0.2, 0.25) is 11.8 Å². The van der Waals surface area contributed by atoms with E-state index in [1.54, 1.807) is 12.1 Å². The number of nitrogens with one attached hydrogen (secondary N) is 1. The summed E-state index contributed by atoms with van der Waals surface area (Å²) in [5.41, 5.74) is 4.19. The Hall–Kier alpha value is -3.97. The number of rotatable bonds is 4. The van der Waals surface area contributed by atoms with Crippen LogP contribution in [0.3, 0.4) is 0 Å². The number of likely N-dealkylation sites (tertiary alicyclic amines) is 1. The van der Waals surface area contributed by atoms with Crippen LogP contribution < -0.4 is 10.1 Å². The molecule has 1 spiro atoms. The smallest absolute Gasteiger partial charge is 0.251 e. The lowest BCUT2D eigenvalue weighted by Gasteiger charge is -2.46. The van der Waals surface area contributed by atoms with E-state index in [-0.39, 0.29) is 17.6 Å². The molecule has 1 N–H and O–H groups in total. The van der Waals surface area contributed by atoms with Gasteiger partial charge in [-0.05, 0) is 69.3 Å². The Morgan fingerprint density at radius 1 is 0.919 bits per heavy atom. The summed E-state index contributed by atoms with van der Waals surface area (Å²) in [7, 11) is 2.14. The first-order valence-electron chi connectivity index (χ1n) is 12.8. The number of aromatic nitrogens is 2. The molecular formula is C30H30N4O3. The number of benzene rings is 3. The van der Waals surface area contributed by atoms with Gasteiger partial charge >= 0.3 is 0 Å². The minimum atomic E-state index is -0.240. The van der Waals surface area contributed by atoms with Gasteiger partial charge < -0.3 is 19.4 Å². The first-order chi connectivity index (χ1) is 18.0. The Kier molecular flexibility index (Phi) is 6.00. The molecule has 1 unspecified atom stereocenters. The van der Waals surface area contributed by atoms with E-state index in [2.05, 4.69) is 27.5 Å². The van der Waals surface area contributed by atoms with Crippen LogP contribution in [0.25, 0.3) is 22.9 Å². The number of ether oxygens (including phenoxy) is 1. The van der Waals surface area contributed by atoms with E-state index in [9.17, 15) is 4.79 Å². The fourth-order valence-corrected chi connectivity index (χ4v) is 5.24. The summed E-state index contributed by atoms with van der Waals surface area (Å²) in [5, 5.41) is 11.7. The van der Waals surface area contributed by atoms with Crippen molar-refractivity contribution in [3.8, 4) is 28.7 Å². The topological polar surface area (TPSA) is 80.5 Å². The predicted octanol–water partition coefficient (Wildman–Crippen LogP) is 5.43. The van der Waals surface area contributed by atoms with Crippen LogP contribution in [0.1, 0.15) is 46.8 Å². The highest BCUT2D eigenvalue weighted by molar-refractivity contribution is 5.95. The fraction of sp³-hybridized carbons (Fsp3) is 0.300. The minimum Gasteiger partial charge on any atom is -0.487 e. The average molecular weight is 495 g/mol. The maximum atomic E-state index is 13.3. The number of hydrogen-bond donors (Lipinski definition) is 1. The summed E-state index contributed by atoms with van der Waals surface area (Å²) in [4.78, 5) is 15.6. The number of hydrogen-bond acceptors (Lipinski definition) is 6. The average Bonchev–Trinajstić information content (AvgIpc) is 3.41. The van der Waals surface area contributed by atoms with Crippen LogP contribution in [0.5, 0.6) is 5.75 Å². The van der Waals surface area contributed by atoms with Crippen LogP contribution in [0.15, 0.2) is 77.2 Å². The molecule has 37 heavy (non-hydrogen) atoms. The summed E-state index contributed by atoms with van der Waals surface area (Å²) in [6.07, 6.45) is 2.67. The Bertz CT molecular complexity index is 1400. The largest absolute Gasteiger partial charge is 0.487 e. The van der Waals surface area contributed by atoms with E-state index < -0.39 is 0 Å². The van der Waals surface area contributed by atoms with E-state index in [0.29, 0.717) is 17.3 Å². The van der Waals surface area contributed by atoms with E-state index in [1.807, 2.05) is 67.6 Å². The number of carbonyl (C=O) groups excluding carboxylic acids is 1. The molecule has 188 valence electrons. The number of amides is 1. The Balaban J connectivity index is 1.18. The first kappa shape index (κ1) is 23.4. The van der Waals surface area contributed by atoms with Crippen molar-refractivity contribution in [1.29, 1.82) is 0 Å². The van der Waals surface area contributed by atoms with Gasteiger partial charge in [-0.15, -0.1) is 10.2 Å². The van der Waals surface area contributed by atoms with Crippen molar-refractivity contribution in [3.05, 3.63) is 89.5 Å². The summed E-state index contributed by atoms with van der Waals surface area (Å²) in [6.45, 7) is 4.02. The Labute approximate surface area is 216 Å². The summed E-state index contributed by atoms with van der Waals surface area (Å²) in [5.74, 6) is 1.66. The molecule has 0 bridgehead atoms. The summed E-state index contributed by atoms with van der Waals surface area (Å²) >= 11 is 0. The SMILES string of the molecule is Cc1ccc(-c2nnc(-c3ccc(C(=O)NC4CC5(CCN(C)CC5)Oc5ccccc54)cc3)o2)cc1. The molecule has 1 fully saturated rings. The number of carbonyl (C=O) groups is 1. The molecule has 2 aliphatic heterocycles. The lowest BCUT2D eigenvalue weighted by Crippen LogP contribution is -2.51. The fourth-order valence-electron chi connectivity index (χ4n) is 5.24. The highest BCUT2D eigenvalue weighted by atomic mass is 16.5. The molecular weight excluding hydrogens is 464 g/mol. The molecule has 1 aromatic heterocycles. The molecule has 0 aliphatic carbocycles. The van der Waals surface area contributed by atoms with Gasteiger partial charge in [0.25, 0.3) is 5.91 Å². The van der Waals surface area contributed by atoms with E-state index in [0.717, 1.165) is 54.8 Å². The third-order valence-electron chi connectivity index (χ3n) is 7.52. The molecule has 1 atom stereocenters. The number of nitrogens with zero attached hydrogens (tertiary/aromatic N) is 3. The van der Waals surface area contributed by atoms with Crippen molar-refractivity contribution in [3.63, 3.8) is 0 Å². The standard InChI is InChI=1S/C30H30N4O3/c1-20-7-9-22(10-8-20)28-32-33-29(36-28)23-13-11-21(12-14-23)27(35)31-25-19-30(15-17-34(2)18-16-30)37-26-6-4-3-5-24(25)26/h3-14,25H,15-19H2,1-2H3,(H,31,35). The van der Waals surface area contributed by atoms with Gasteiger partial charge in [0.05, 0.1) is 6.04 Å². The zero-order chi connectivity index (χ0) is 25.4. The molecule has 3 heterocycles. The van der Waals surface area contributed by atoms with Crippen molar-refractivity contribution in [2.24, 2.45) is 0 Å². The van der Waals surface area contributed by atoms with Crippen LogP contribution in [0.4, 0.5) is 0 Å². The van der Waals surface area contributed by atoms with Gasteiger partial charge in [0.1, 0.15) is 11.4 Å². The van der Waals surface area contributed by atoms with Gasteiger partial charge in [-0.1, -0.05) is 35.9 Å². The third kappa shape index (κ3) is 4.74. The number of aryl methyl sites for hydroxylation is 1. The van der Waals surface area contributed by atoms with Crippen molar-refractivity contribution >= 4 is 5.91 Å². The van der Waals surface area contributed by atoms with Crippen molar-refractivity contribution < 1.29 is 13.9 Å². The van der Waals surface area contributed by atoms with E-state index in [4.69, 9.17) is 9.15 Å². The second-order valence-corrected chi connectivity index (χ2v) is 10.2. The third-order valence-corrected chi connectivity index (χ3v) is 7.52. The molecule has 6 rings (SSSR count). The molecule has 7 heteroatoms. The van der Waals surface area contributed by atoms with Gasteiger partial charge in [-0.25, -0.2) is 0 Å². The molecule has 1 amide bonds. The second-order valence-electron chi connectivity index (χ2n) is 10.2. The van der Waals surface area contributed by atoms with Gasteiger partial charge in [0, 0.05) is 41.8 Å². The Morgan fingerprint density at radius 2 is 1.54 bits per heavy atom. The lowest BCUT2D eigenvalue weighted by atomic mass is 9.80. The van der Waals surface area contributed by atoms with Crippen LogP contribution >= 0.6 is 0 Å². The quantitative estimate of drug-likeness (QED) is 0.408.